The van der Waals surface area contributed by atoms with Crippen molar-refractivity contribution in [2.24, 2.45) is 11.8 Å². The summed E-state index contributed by atoms with van der Waals surface area (Å²) in [5, 5.41) is 0. The summed E-state index contributed by atoms with van der Waals surface area (Å²) in [7, 11) is 2.12. The molecule has 1 unspecified atom stereocenters. The molecule has 1 aliphatic heterocycles. The van der Waals surface area contributed by atoms with Crippen molar-refractivity contribution < 1.29 is 9.53 Å². The van der Waals surface area contributed by atoms with Gasteiger partial charge in [-0.2, -0.15) is 0 Å². The normalized spacial score (nSPS) is 32.9. The zero-order valence-corrected chi connectivity index (χ0v) is 11.9. The van der Waals surface area contributed by atoms with E-state index in [1.54, 1.807) is 0 Å². The van der Waals surface area contributed by atoms with Crippen LogP contribution in [0.1, 0.15) is 45.4 Å². The van der Waals surface area contributed by atoms with Crippen LogP contribution in [0, 0.1) is 11.8 Å². The molecule has 104 valence electrons. The van der Waals surface area contributed by atoms with Gasteiger partial charge in [0.1, 0.15) is 0 Å². The number of hydrogen-bond acceptors (Lipinski definition) is 3. The van der Waals surface area contributed by atoms with Crippen LogP contribution in [0.4, 0.5) is 0 Å². The average molecular weight is 253 g/mol. The third kappa shape index (κ3) is 3.55. The summed E-state index contributed by atoms with van der Waals surface area (Å²) < 4.78 is 5.29. The van der Waals surface area contributed by atoms with Gasteiger partial charge in [-0.25, -0.2) is 0 Å². The third-order valence-corrected chi connectivity index (χ3v) is 4.81. The van der Waals surface area contributed by atoms with Gasteiger partial charge in [-0.15, -0.1) is 0 Å². The number of rotatable bonds is 5. The van der Waals surface area contributed by atoms with E-state index in [0.29, 0.717) is 25.0 Å². The predicted molar refractivity (Wildman–Crippen MR) is 72.6 cm³/mol. The van der Waals surface area contributed by atoms with E-state index >= 15 is 0 Å². The Hall–Kier alpha value is -0.410. The lowest BCUT2D eigenvalue weighted by molar-refractivity contribution is -0.124. The number of likely N-dealkylation sites (N-methyl/N-ethyl adjacent to an activating group) is 1. The molecule has 0 aromatic carbocycles. The molecule has 1 heterocycles. The molecule has 3 nitrogen and oxygen atoms in total. The number of carbonyl (C=O) groups excluding carboxylic acids is 1. The fraction of sp³-hybridized carbons (Fsp3) is 0.933. The molecule has 0 bridgehead atoms. The molecule has 0 spiro atoms. The van der Waals surface area contributed by atoms with Crippen LogP contribution in [0.15, 0.2) is 0 Å². The van der Waals surface area contributed by atoms with Crippen LogP contribution in [0.2, 0.25) is 0 Å². The fourth-order valence-electron chi connectivity index (χ4n) is 3.29. The Morgan fingerprint density at radius 3 is 2.50 bits per heavy atom. The van der Waals surface area contributed by atoms with Crippen molar-refractivity contribution in [3.8, 4) is 0 Å². The van der Waals surface area contributed by atoms with E-state index in [1.165, 1.54) is 32.1 Å². The van der Waals surface area contributed by atoms with Crippen LogP contribution >= 0.6 is 0 Å². The van der Waals surface area contributed by atoms with E-state index in [-0.39, 0.29) is 5.92 Å². The first-order chi connectivity index (χ1) is 8.70. The SMILES string of the molecule is CCC1CCC(N(C)CC(=O)C2CCOC2)CC1. The molecule has 2 rings (SSSR count). The summed E-state index contributed by atoms with van der Waals surface area (Å²) in [5.74, 6) is 1.47. The van der Waals surface area contributed by atoms with Gasteiger partial charge in [0.2, 0.25) is 0 Å². The summed E-state index contributed by atoms with van der Waals surface area (Å²) in [6.07, 6.45) is 7.45. The Bertz CT molecular complexity index is 266. The molecule has 1 atom stereocenters. The standard InChI is InChI=1S/C15H27NO2/c1-3-12-4-6-14(7-5-12)16(2)10-15(17)13-8-9-18-11-13/h12-14H,3-11H2,1-2H3. The summed E-state index contributed by atoms with van der Waals surface area (Å²) in [4.78, 5) is 14.4. The van der Waals surface area contributed by atoms with Gasteiger partial charge in [0.15, 0.2) is 5.78 Å². The maximum Gasteiger partial charge on any atom is 0.152 e. The van der Waals surface area contributed by atoms with Gasteiger partial charge in [0.25, 0.3) is 0 Å². The zero-order chi connectivity index (χ0) is 13.0. The first kappa shape index (κ1) is 14.0. The van der Waals surface area contributed by atoms with Crippen LogP contribution in [0.3, 0.4) is 0 Å². The monoisotopic (exact) mass is 253 g/mol. The highest BCUT2D eigenvalue weighted by Gasteiger charge is 2.28. The maximum absolute atomic E-state index is 12.1. The molecule has 1 aliphatic carbocycles. The Kier molecular flexibility index (Phi) is 5.19. The summed E-state index contributed by atoms with van der Waals surface area (Å²) in [6.45, 7) is 4.32. The second kappa shape index (κ2) is 6.67. The van der Waals surface area contributed by atoms with Crippen LogP contribution in [-0.4, -0.2) is 43.5 Å². The molecule has 2 aliphatic rings. The van der Waals surface area contributed by atoms with E-state index in [9.17, 15) is 4.79 Å². The van der Waals surface area contributed by atoms with Gasteiger partial charge in [-0.3, -0.25) is 9.69 Å². The second-order valence-corrected chi connectivity index (χ2v) is 6.02. The molecule has 0 aromatic heterocycles. The number of carbonyl (C=O) groups is 1. The Balaban J connectivity index is 1.74. The lowest BCUT2D eigenvalue weighted by atomic mass is 9.84. The maximum atomic E-state index is 12.1. The van der Waals surface area contributed by atoms with Gasteiger partial charge < -0.3 is 4.74 Å². The van der Waals surface area contributed by atoms with E-state index in [4.69, 9.17) is 4.74 Å². The molecule has 1 saturated carbocycles. The third-order valence-electron chi connectivity index (χ3n) is 4.81. The number of ether oxygens (including phenoxy) is 1. The lowest BCUT2D eigenvalue weighted by Crippen LogP contribution is -2.40. The van der Waals surface area contributed by atoms with Crippen LogP contribution in [-0.2, 0) is 9.53 Å². The van der Waals surface area contributed by atoms with E-state index < -0.39 is 0 Å². The minimum absolute atomic E-state index is 0.166. The van der Waals surface area contributed by atoms with E-state index in [0.717, 1.165) is 18.9 Å². The van der Waals surface area contributed by atoms with Crippen molar-refractivity contribution in [1.82, 2.24) is 4.90 Å². The molecule has 0 aromatic rings. The Labute approximate surface area is 111 Å². The van der Waals surface area contributed by atoms with Gasteiger partial charge in [0, 0.05) is 18.6 Å². The Morgan fingerprint density at radius 2 is 1.94 bits per heavy atom. The first-order valence-electron chi connectivity index (χ1n) is 7.51. The summed E-state index contributed by atoms with van der Waals surface area (Å²) in [6, 6.07) is 0.624. The number of nitrogens with zero attached hydrogens (tertiary/aromatic N) is 1. The summed E-state index contributed by atoms with van der Waals surface area (Å²) >= 11 is 0. The van der Waals surface area contributed by atoms with Gasteiger partial charge in [0.05, 0.1) is 13.2 Å². The largest absolute Gasteiger partial charge is 0.381 e. The van der Waals surface area contributed by atoms with Crippen molar-refractivity contribution in [1.29, 1.82) is 0 Å². The van der Waals surface area contributed by atoms with E-state index in [2.05, 4.69) is 18.9 Å². The molecular formula is C15H27NO2. The van der Waals surface area contributed by atoms with Crippen molar-refractivity contribution in [2.75, 3.05) is 26.8 Å². The van der Waals surface area contributed by atoms with Gasteiger partial charge in [-0.1, -0.05) is 13.3 Å². The lowest BCUT2D eigenvalue weighted by Gasteiger charge is -2.34. The topological polar surface area (TPSA) is 29.5 Å². The fourth-order valence-corrected chi connectivity index (χ4v) is 3.29. The van der Waals surface area contributed by atoms with Gasteiger partial charge in [-0.05, 0) is 45.1 Å². The van der Waals surface area contributed by atoms with Crippen LogP contribution in [0.5, 0.6) is 0 Å². The zero-order valence-electron chi connectivity index (χ0n) is 11.9. The summed E-state index contributed by atoms with van der Waals surface area (Å²) in [5.41, 5.74) is 0. The van der Waals surface area contributed by atoms with Crippen LogP contribution < -0.4 is 0 Å². The van der Waals surface area contributed by atoms with Crippen molar-refractivity contribution >= 4 is 5.78 Å². The van der Waals surface area contributed by atoms with Crippen LogP contribution in [0.25, 0.3) is 0 Å². The molecule has 2 fully saturated rings. The molecular weight excluding hydrogens is 226 g/mol. The molecule has 0 amide bonds. The minimum atomic E-state index is 0.166. The smallest absolute Gasteiger partial charge is 0.152 e. The molecule has 0 N–H and O–H groups in total. The van der Waals surface area contributed by atoms with Crippen molar-refractivity contribution in [3.05, 3.63) is 0 Å². The average Bonchev–Trinajstić information content (AvgIpc) is 2.92. The quantitative estimate of drug-likeness (QED) is 0.754. The highest BCUT2D eigenvalue weighted by atomic mass is 16.5. The first-order valence-corrected chi connectivity index (χ1v) is 7.51. The van der Waals surface area contributed by atoms with Crippen molar-refractivity contribution in [2.45, 2.75) is 51.5 Å². The highest BCUT2D eigenvalue weighted by Crippen LogP contribution is 2.29. The predicted octanol–water partition coefficient (Wildman–Crippen LogP) is 2.49. The Morgan fingerprint density at radius 1 is 1.22 bits per heavy atom. The number of ketones is 1. The van der Waals surface area contributed by atoms with Gasteiger partial charge >= 0.3 is 0 Å². The van der Waals surface area contributed by atoms with E-state index in [1.807, 2.05) is 0 Å². The second-order valence-electron chi connectivity index (χ2n) is 6.02. The molecule has 18 heavy (non-hydrogen) atoms. The highest BCUT2D eigenvalue weighted by molar-refractivity contribution is 5.83. The molecule has 0 radical (unpaired) electrons. The molecule has 3 heteroatoms. The van der Waals surface area contributed by atoms with Crippen molar-refractivity contribution in [3.63, 3.8) is 0 Å². The minimum Gasteiger partial charge on any atom is -0.381 e. The number of hydrogen-bond donors (Lipinski definition) is 0. The number of Topliss-reactive ketones (excluding diaryl/α,β-unsaturated/α-hetero) is 1. The molecule has 1 saturated heterocycles.